The smallest absolute Gasteiger partial charge is 0.238 e. The zero-order valence-corrected chi connectivity index (χ0v) is 8.20. The van der Waals surface area contributed by atoms with Gasteiger partial charge in [-0.2, -0.15) is 0 Å². The van der Waals surface area contributed by atoms with E-state index in [-0.39, 0.29) is 0 Å². The number of carbonyl (C=O) groups is 2. The topological polar surface area (TPSA) is 34.1 Å². The molecule has 1 heterocycles. The standard InChI is InChI=1S/C10H8O2S/c1-3-4-8-5-6-9(13-8)10(12)7(2)11/h5-6H,1-2H3. The average molecular weight is 192 g/mol. The van der Waals surface area contributed by atoms with Crippen LogP contribution >= 0.6 is 11.3 Å². The second kappa shape index (κ2) is 4.01. The van der Waals surface area contributed by atoms with Gasteiger partial charge < -0.3 is 0 Å². The first-order valence-corrected chi connectivity index (χ1v) is 4.54. The van der Waals surface area contributed by atoms with Crippen LogP contribution in [0.2, 0.25) is 0 Å². The molecule has 0 saturated heterocycles. The van der Waals surface area contributed by atoms with Gasteiger partial charge in [-0.15, -0.1) is 17.3 Å². The summed E-state index contributed by atoms with van der Waals surface area (Å²) in [4.78, 5) is 23.2. The molecule has 0 saturated carbocycles. The van der Waals surface area contributed by atoms with Gasteiger partial charge in [-0.3, -0.25) is 9.59 Å². The van der Waals surface area contributed by atoms with Crippen LogP contribution in [0, 0.1) is 11.8 Å². The Hall–Kier alpha value is -1.40. The van der Waals surface area contributed by atoms with Crippen molar-refractivity contribution in [2.45, 2.75) is 13.8 Å². The molecule has 0 radical (unpaired) electrons. The number of Topliss-reactive ketones (excluding diaryl/α,β-unsaturated/α-hetero) is 2. The number of hydrogen-bond donors (Lipinski definition) is 0. The SMILES string of the molecule is CC#Cc1ccc(C(=O)C(C)=O)s1. The lowest BCUT2D eigenvalue weighted by Crippen LogP contribution is -2.06. The minimum absolute atomic E-state index is 0.433. The Balaban J connectivity index is 2.96. The maximum absolute atomic E-state index is 11.2. The summed E-state index contributed by atoms with van der Waals surface area (Å²) in [6.45, 7) is 3.00. The van der Waals surface area contributed by atoms with Crippen molar-refractivity contribution in [1.29, 1.82) is 0 Å². The highest BCUT2D eigenvalue weighted by Crippen LogP contribution is 2.16. The Morgan fingerprint density at radius 3 is 2.62 bits per heavy atom. The Labute approximate surface area is 80.6 Å². The van der Waals surface area contributed by atoms with Crippen molar-refractivity contribution in [2.75, 3.05) is 0 Å². The molecule has 0 unspecified atom stereocenters. The van der Waals surface area contributed by atoms with Crippen LogP contribution in [-0.4, -0.2) is 11.6 Å². The predicted molar refractivity (Wildman–Crippen MR) is 51.9 cm³/mol. The van der Waals surface area contributed by atoms with Gasteiger partial charge in [-0.1, -0.05) is 5.92 Å². The third-order valence-corrected chi connectivity index (χ3v) is 2.40. The first-order chi connectivity index (χ1) is 6.15. The summed E-state index contributed by atoms with van der Waals surface area (Å²) in [5.74, 6) is 4.69. The maximum Gasteiger partial charge on any atom is 0.238 e. The first kappa shape index (κ1) is 9.69. The molecule has 0 bridgehead atoms. The Morgan fingerprint density at radius 1 is 1.38 bits per heavy atom. The van der Waals surface area contributed by atoms with Crippen molar-refractivity contribution >= 4 is 22.9 Å². The molecule has 1 aromatic rings. The fourth-order valence-electron chi connectivity index (χ4n) is 0.824. The van der Waals surface area contributed by atoms with Crippen molar-refractivity contribution in [3.63, 3.8) is 0 Å². The fraction of sp³-hybridized carbons (Fsp3) is 0.200. The summed E-state index contributed by atoms with van der Waals surface area (Å²) in [5.41, 5.74) is 0. The van der Waals surface area contributed by atoms with Crippen LogP contribution in [0.1, 0.15) is 28.4 Å². The van der Waals surface area contributed by atoms with Crippen molar-refractivity contribution in [2.24, 2.45) is 0 Å². The quantitative estimate of drug-likeness (QED) is 0.407. The van der Waals surface area contributed by atoms with E-state index in [1.54, 1.807) is 19.1 Å². The molecule has 3 heteroatoms. The zero-order chi connectivity index (χ0) is 9.84. The van der Waals surface area contributed by atoms with Gasteiger partial charge in [0.15, 0.2) is 0 Å². The van der Waals surface area contributed by atoms with Gasteiger partial charge in [0.2, 0.25) is 11.6 Å². The van der Waals surface area contributed by atoms with Gasteiger partial charge >= 0.3 is 0 Å². The third-order valence-electron chi connectivity index (χ3n) is 1.40. The normalized spacial score (nSPS) is 8.77. The van der Waals surface area contributed by atoms with Gasteiger partial charge in [0.1, 0.15) is 0 Å². The molecule has 0 amide bonds. The zero-order valence-electron chi connectivity index (χ0n) is 7.38. The average Bonchev–Trinajstić information content (AvgIpc) is 2.52. The molecule has 0 spiro atoms. The lowest BCUT2D eigenvalue weighted by molar-refractivity contribution is -0.113. The molecule has 1 aromatic heterocycles. The first-order valence-electron chi connectivity index (χ1n) is 3.73. The summed E-state index contributed by atoms with van der Waals surface area (Å²) in [6, 6.07) is 3.38. The van der Waals surface area contributed by atoms with Crippen LogP contribution in [0.25, 0.3) is 0 Å². The molecule has 13 heavy (non-hydrogen) atoms. The van der Waals surface area contributed by atoms with Crippen molar-refractivity contribution in [3.05, 3.63) is 21.9 Å². The van der Waals surface area contributed by atoms with Crippen LogP contribution < -0.4 is 0 Å². The molecule has 1 rings (SSSR count). The summed E-state index contributed by atoms with van der Waals surface area (Å²) < 4.78 is 0. The highest BCUT2D eigenvalue weighted by Gasteiger charge is 2.12. The fourth-order valence-corrected chi connectivity index (χ4v) is 1.72. The van der Waals surface area contributed by atoms with E-state index in [4.69, 9.17) is 0 Å². The maximum atomic E-state index is 11.2. The predicted octanol–water partition coefficient (Wildman–Crippen LogP) is 1.89. The molecule has 0 N–H and O–H groups in total. The highest BCUT2D eigenvalue weighted by molar-refractivity contribution is 7.15. The number of rotatable bonds is 2. The summed E-state index contributed by atoms with van der Waals surface area (Å²) in [7, 11) is 0. The van der Waals surface area contributed by atoms with Crippen LogP contribution in [0.5, 0.6) is 0 Å². The molecule has 0 atom stereocenters. The van der Waals surface area contributed by atoms with Gasteiger partial charge in [0.05, 0.1) is 9.75 Å². The number of carbonyl (C=O) groups excluding carboxylic acids is 2. The molecule has 2 nitrogen and oxygen atoms in total. The summed E-state index contributed by atoms with van der Waals surface area (Å²) in [5, 5.41) is 0. The van der Waals surface area contributed by atoms with E-state index in [2.05, 4.69) is 11.8 Å². The van der Waals surface area contributed by atoms with E-state index in [1.165, 1.54) is 18.3 Å². The largest absolute Gasteiger partial charge is 0.291 e. The van der Waals surface area contributed by atoms with Gasteiger partial charge in [-0.25, -0.2) is 0 Å². The Bertz CT molecular complexity index is 404. The van der Waals surface area contributed by atoms with Crippen LogP contribution in [0.3, 0.4) is 0 Å². The van der Waals surface area contributed by atoms with Crippen molar-refractivity contribution in [1.82, 2.24) is 0 Å². The molecule has 0 fully saturated rings. The van der Waals surface area contributed by atoms with Crippen LogP contribution in [-0.2, 0) is 4.79 Å². The van der Waals surface area contributed by atoms with Crippen molar-refractivity contribution < 1.29 is 9.59 Å². The van der Waals surface area contributed by atoms with Crippen LogP contribution in [0.15, 0.2) is 12.1 Å². The van der Waals surface area contributed by atoms with E-state index < -0.39 is 11.6 Å². The van der Waals surface area contributed by atoms with E-state index in [1.807, 2.05) is 0 Å². The molecule has 66 valence electrons. The molecule has 0 aliphatic heterocycles. The molecule has 0 aromatic carbocycles. The van der Waals surface area contributed by atoms with Gasteiger partial charge in [0, 0.05) is 6.92 Å². The number of hydrogen-bond acceptors (Lipinski definition) is 3. The van der Waals surface area contributed by atoms with E-state index in [9.17, 15) is 9.59 Å². The van der Waals surface area contributed by atoms with Gasteiger partial charge in [0.25, 0.3) is 0 Å². The lowest BCUT2D eigenvalue weighted by atomic mass is 10.2. The second-order valence-corrected chi connectivity index (χ2v) is 3.51. The number of ketones is 2. The Kier molecular flexibility index (Phi) is 2.99. The monoisotopic (exact) mass is 192 g/mol. The summed E-state index contributed by atoms with van der Waals surface area (Å²) in [6.07, 6.45) is 0. The van der Waals surface area contributed by atoms with Gasteiger partial charge in [-0.05, 0) is 19.1 Å². The lowest BCUT2D eigenvalue weighted by Gasteiger charge is -1.86. The van der Waals surface area contributed by atoms with E-state index >= 15 is 0 Å². The minimum Gasteiger partial charge on any atom is -0.291 e. The minimum atomic E-state index is -0.436. The van der Waals surface area contributed by atoms with Crippen molar-refractivity contribution in [3.8, 4) is 11.8 Å². The molecular formula is C10H8O2S. The number of thiophene rings is 1. The van der Waals surface area contributed by atoms with E-state index in [0.717, 1.165) is 4.88 Å². The highest BCUT2D eigenvalue weighted by atomic mass is 32.1. The third kappa shape index (κ3) is 2.27. The van der Waals surface area contributed by atoms with Crippen LogP contribution in [0.4, 0.5) is 0 Å². The molecule has 0 aliphatic rings. The molecular weight excluding hydrogens is 184 g/mol. The van der Waals surface area contributed by atoms with E-state index in [0.29, 0.717) is 4.88 Å². The summed E-state index contributed by atoms with van der Waals surface area (Å²) >= 11 is 1.25. The second-order valence-electron chi connectivity index (χ2n) is 2.42. The Morgan fingerprint density at radius 2 is 2.08 bits per heavy atom. The molecule has 0 aliphatic carbocycles.